The van der Waals surface area contributed by atoms with Crippen molar-refractivity contribution in [3.8, 4) is 5.75 Å². The van der Waals surface area contributed by atoms with Crippen molar-refractivity contribution in [2.24, 2.45) is 5.92 Å². The van der Waals surface area contributed by atoms with Crippen molar-refractivity contribution >= 4 is 40.7 Å². The van der Waals surface area contributed by atoms with E-state index in [0.29, 0.717) is 47.5 Å². The average Bonchev–Trinajstić information content (AvgIpc) is 2.77. The minimum absolute atomic E-state index is 0.0341. The second kappa shape index (κ2) is 10.2. The van der Waals surface area contributed by atoms with Crippen LogP contribution in [0.15, 0.2) is 42.5 Å². The molecule has 1 atom stereocenters. The predicted molar refractivity (Wildman–Crippen MR) is 124 cm³/mol. The van der Waals surface area contributed by atoms with Crippen molar-refractivity contribution in [3.63, 3.8) is 0 Å². The number of anilines is 1. The molecule has 1 heterocycles. The van der Waals surface area contributed by atoms with E-state index in [-0.39, 0.29) is 17.7 Å². The van der Waals surface area contributed by atoms with Crippen LogP contribution in [0.2, 0.25) is 10.0 Å². The molecule has 8 heteroatoms. The van der Waals surface area contributed by atoms with Crippen LogP contribution in [0.3, 0.4) is 0 Å². The molecule has 3 rings (SSSR count). The number of nitrogens with zero attached hydrogens (tertiary/aromatic N) is 2. The zero-order valence-electron chi connectivity index (χ0n) is 17.9. The van der Waals surface area contributed by atoms with Crippen LogP contribution in [0, 0.1) is 5.92 Å². The minimum Gasteiger partial charge on any atom is -0.495 e. The smallest absolute Gasteiger partial charge is 0.251 e. The Morgan fingerprint density at radius 1 is 1.00 bits per heavy atom. The molecular weight excluding hydrogens is 437 g/mol. The zero-order chi connectivity index (χ0) is 22.5. The molecule has 0 aromatic heterocycles. The highest BCUT2D eigenvalue weighted by Crippen LogP contribution is 2.36. The van der Waals surface area contributed by atoms with Crippen molar-refractivity contribution in [2.45, 2.75) is 19.9 Å². The van der Waals surface area contributed by atoms with Crippen molar-refractivity contribution in [3.05, 3.63) is 58.1 Å². The van der Waals surface area contributed by atoms with Gasteiger partial charge in [-0.15, -0.1) is 0 Å². The van der Waals surface area contributed by atoms with Crippen molar-refractivity contribution in [1.29, 1.82) is 0 Å². The van der Waals surface area contributed by atoms with Gasteiger partial charge in [-0.2, -0.15) is 0 Å². The third-order valence-electron chi connectivity index (χ3n) is 5.41. The van der Waals surface area contributed by atoms with Gasteiger partial charge in [0.05, 0.1) is 22.8 Å². The number of hydrogen-bond acceptors (Lipinski definition) is 4. The molecule has 0 radical (unpaired) electrons. The first-order valence-electron chi connectivity index (χ1n) is 10.2. The summed E-state index contributed by atoms with van der Waals surface area (Å²) in [6, 6.07) is 11.8. The molecule has 0 saturated carbocycles. The number of hydrogen-bond donors (Lipinski definition) is 1. The van der Waals surface area contributed by atoms with Crippen LogP contribution < -0.4 is 15.0 Å². The monoisotopic (exact) mass is 463 g/mol. The van der Waals surface area contributed by atoms with Gasteiger partial charge in [0.15, 0.2) is 0 Å². The van der Waals surface area contributed by atoms with Gasteiger partial charge in [-0.25, -0.2) is 0 Å². The summed E-state index contributed by atoms with van der Waals surface area (Å²) >= 11 is 12.5. The summed E-state index contributed by atoms with van der Waals surface area (Å²) in [7, 11) is 1.56. The number of benzene rings is 2. The molecule has 0 bridgehead atoms. The summed E-state index contributed by atoms with van der Waals surface area (Å²) in [5.74, 6) is 0.210. The molecule has 2 aromatic carbocycles. The minimum atomic E-state index is -0.585. The lowest BCUT2D eigenvalue weighted by Crippen LogP contribution is -2.56. The molecule has 31 heavy (non-hydrogen) atoms. The topological polar surface area (TPSA) is 61.9 Å². The van der Waals surface area contributed by atoms with E-state index >= 15 is 0 Å². The zero-order valence-corrected chi connectivity index (χ0v) is 19.4. The van der Waals surface area contributed by atoms with E-state index in [1.807, 2.05) is 26.0 Å². The van der Waals surface area contributed by atoms with Gasteiger partial charge in [0, 0.05) is 37.8 Å². The molecule has 0 aliphatic carbocycles. The Bertz CT molecular complexity index is 929. The first kappa shape index (κ1) is 23.2. The molecule has 1 saturated heterocycles. The number of rotatable bonds is 6. The first-order valence-corrected chi connectivity index (χ1v) is 11.0. The van der Waals surface area contributed by atoms with Crippen LogP contribution in [0.5, 0.6) is 5.75 Å². The Morgan fingerprint density at radius 2 is 1.65 bits per heavy atom. The maximum Gasteiger partial charge on any atom is 0.251 e. The Morgan fingerprint density at radius 3 is 2.23 bits per heavy atom. The summed E-state index contributed by atoms with van der Waals surface area (Å²) in [5, 5.41) is 3.91. The summed E-state index contributed by atoms with van der Waals surface area (Å²) < 4.78 is 5.30. The number of halogens is 2. The predicted octanol–water partition coefficient (Wildman–Crippen LogP) is 4.11. The number of amides is 2. The van der Waals surface area contributed by atoms with Crippen LogP contribution in [0.1, 0.15) is 24.2 Å². The second-order valence-corrected chi connectivity index (χ2v) is 8.63. The highest BCUT2D eigenvalue weighted by molar-refractivity contribution is 6.37. The van der Waals surface area contributed by atoms with E-state index in [4.69, 9.17) is 27.9 Å². The molecule has 0 spiro atoms. The van der Waals surface area contributed by atoms with Gasteiger partial charge >= 0.3 is 0 Å². The third-order valence-corrected chi connectivity index (χ3v) is 6.01. The number of piperazine rings is 1. The number of carbonyl (C=O) groups is 2. The normalized spacial score (nSPS) is 15.0. The summed E-state index contributed by atoms with van der Waals surface area (Å²) in [5.41, 5.74) is 1.37. The Balaban J connectivity index is 1.66. The molecule has 1 aliphatic heterocycles. The van der Waals surface area contributed by atoms with Gasteiger partial charge in [0.25, 0.3) is 5.91 Å². The fourth-order valence-electron chi connectivity index (χ4n) is 3.61. The lowest BCUT2D eigenvalue weighted by atomic mass is 10.0. The van der Waals surface area contributed by atoms with Crippen LogP contribution >= 0.6 is 23.2 Å². The fraction of sp³-hybridized carbons (Fsp3) is 0.391. The van der Waals surface area contributed by atoms with Crippen LogP contribution in [0.4, 0.5) is 5.69 Å². The van der Waals surface area contributed by atoms with Crippen molar-refractivity contribution in [2.75, 3.05) is 38.2 Å². The van der Waals surface area contributed by atoms with Gasteiger partial charge in [0.1, 0.15) is 11.8 Å². The molecule has 166 valence electrons. The molecular formula is C23H27Cl2N3O3. The summed E-state index contributed by atoms with van der Waals surface area (Å²) in [6.45, 7) is 6.17. The highest BCUT2D eigenvalue weighted by atomic mass is 35.5. The molecule has 1 N–H and O–H groups in total. The Labute approximate surface area is 193 Å². The molecule has 1 aliphatic rings. The quantitative estimate of drug-likeness (QED) is 0.699. The number of ether oxygens (including phenoxy) is 1. The van der Waals surface area contributed by atoms with Gasteiger partial charge in [0.2, 0.25) is 5.91 Å². The van der Waals surface area contributed by atoms with E-state index in [0.717, 1.165) is 5.69 Å². The number of nitrogens with one attached hydrogen (secondary N) is 1. The SMILES string of the molecule is COc1cc(N2CCN(C(=O)[C@@H](NC(=O)c3ccccc3)C(C)C)CC2)c(Cl)cc1Cl. The van der Waals surface area contributed by atoms with E-state index in [1.54, 1.807) is 42.3 Å². The van der Waals surface area contributed by atoms with Crippen molar-refractivity contribution < 1.29 is 14.3 Å². The summed E-state index contributed by atoms with van der Waals surface area (Å²) in [6.07, 6.45) is 0. The molecule has 2 amide bonds. The van der Waals surface area contributed by atoms with Crippen molar-refractivity contribution in [1.82, 2.24) is 10.2 Å². The second-order valence-electron chi connectivity index (χ2n) is 7.81. The lowest BCUT2D eigenvalue weighted by molar-refractivity contribution is -0.134. The standard InChI is InChI=1S/C23H27Cl2N3O3/c1-15(2)21(26-22(29)16-7-5-4-6-8-16)23(30)28-11-9-27(10-12-28)19-14-20(31-3)18(25)13-17(19)24/h4-8,13-15,21H,9-12H2,1-3H3,(H,26,29)/t21-/m0/s1. The lowest BCUT2D eigenvalue weighted by Gasteiger charge is -2.38. The van der Waals surface area contributed by atoms with Crippen LogP contribution in [-0.2, 0) is 4.79 Å². The van der Waals surface area contributed by atoms with E-state index < -0.39 is 6.04 Å². The van der Waals surface area contributed by atoms with Gasteiger partial charge < -0.3 is 19.9 Å². The van der Waals surface area contributed by atoms with E-state index in [2.05, 4.69) is 10.2 Å². The maximum absolute atomic E-state index is 13.2. The van der Waals surface area contributed by atoms with Crippen LogP contribution in [-0.4, -0.2) is 56.0 Å². The molecule has 1 fully saturated rings. The first-order chi connectivity index (χ1) is 14.8. The summed E-state index contributed by atoms with van der Waals surface area (Å²) in [4.78, 5) is 29.7. The van der Waals surface area contributed by atoms with E-state index in [1.165, 1.54) is 0 Å². The largest absolute Gasteiger partial charge is 0.495 e. The average molecular weight is 464 g/mol. The Kier molecular flexibility index (Phi) is 7.68. The van der Waals surface area contributed by atoms with E-state index in [9.17, 15) is 9.59 Å². The van der Waals surface area contributed by atoms with Gasteiger partial charge in [-0.05, 0) is 24.1 Å². The Hall–Kier alpha value is -2.44. The third kappa shape index (κ3) is 5.43. The molecule has 0 unspecified atom stereocenters. The van der Waals surface area contributed by atoms with Gasteiger partial charge in [-0.3, -0.25) is 9.59 Å². The maximum atomic E-state index is 13.2. The molecule has 6 nitrogen and oxygen atoms in total. The van der Waals surface area contributed by atoms with Gasteiger partial charge in [-0.1, -0.05) is 55.2 Å². The molecule has 2 aromatic rings. The van der Waals surface area contributed by atoms with Crippen LogP contribution in [0.25, 0.3) is 0 Å². The number of methoxy groups -OCH3 is 1. The highest BCUT2D eigenvalue weighted by Gasteiger charge is 2.31. The number of carbonyl (C=O) groups excluding carboxylic acids is 2. The fourth-order valence-corrected chi connectivity index (χ4v) is 4.19.